The van der Waals surface area contributed by atoms with Crippen molar-refractivity contribution >= 4 is 17.7 Å². The van der Waals surface area contributed by atoms with Gasteiger partial charge in [-0.3, -0.25) is 9.59 Å². The van der Waals surface area contributed by atoms with Gasteiger partial charge in [-0.1, -0.05) is 42.1 Å². The summed E-state index contributed by atoms with van der Waals surface area (Å²) in [5, 5.41) is 8.49. The van der Waals surface area contributed by atoms with E-state index in [4.69, 9.17) is 5.11 Å². The van der Waals surface area contributed by atoms with Crippen LogP contribution in [0.5, 0.6) is 0 Å². The summed E-state index contributed by atoms with van der Waals surface area (Å²) in [5.74, 6) is -0.947. The van der Waals surface area contributed by atoms with Gasteiger partial charge in [-0.15, -0.1) is 0 Å². The highest BCUT2D eigenvalue weighted by Gasteiger charge is 2.14. The topological polar surface area (TPSA) is 83.0 Å². The van der Waals surface area contributed by atoms with Crippen LogP contribution in [0.3, 0.4) is 0 Å². The minimum atomic E-state index is -0.947. The van der Waals surface area contributed by atoms with Crippen LogP contribution in [0.2, 0.25) is 0 Å². The highest BCUT2D eigenvalue weighted by atomic mass is 32.2. The van der Waals surface area contributed by atoms with Crippen molar-refractivity contribution in [2.75, 3.05) is 0 Å². The maximum Gasteiger partial charge on any atom is 0.316 e. The Labute approximate surface area is 113 Å². The number of nitrogens with one attached hydrogen (secondary N) is 1. The van der Waals surface area contributed by atoms with Crippen molar-refractivity contribution < 1.29 is 9.90 Å². The summed E-state index contributed by atoms with van der Waals surface area (Å²) in [7, 11) is 0. The molecule has 2 aromatic rings. The van der Waals surface area contributed by atoms with E-state index >= 15 is 0 Å². The van der Waals surface area contributed by atoms with Crippen LogP contribution < -0.4 is 5.56 Å². The van der Waals surface area contributed by atoms with E-state index in [9.17, 15) is 9.59 Å². The SMILES string of the molecule is C[C@H](Sc1nc(-c2ccccc2)cc(=O)[nH]1)C(=O)O. The highest BCUT2D eigenvalue weighted by Crippen LogP contribution is 2.21. The minimum absolute atomic E-state index is 0.297. The number of hydrogen-bond acceptors (Lipinski definition) is 4. The molecule has 5 nitrogen and oxygen atoms in total. The third-order valence-electron chi connectivity index (χ3n) is 2.43. The molecule has 0 amide bonds. The van der Waals surface area contributed by atoms with Crippen LogP contribution in [0.1, 0.15) is 6.92 Å². The van der Waals surface area contributed by atoms with Crippen molar-refractivity contribution in [1.29, 1.82) is 0 Å². The van der Waals surface area contributed by atoms with Crippen molar-refractivity contribution in [2.24, 2.45) is 0 Å². The lowest BCUT2D eigenvalue weighted by atomic mass is 10.1. The molecule has 2 N–H and O–H groups in total. The van der Waals surface area contributed by atoms with Crippen LogP contribution in [0.15, 0.2) is 46.3 Å². The Morgan fingerprint density at radius 2 is 2.05 bits per heavy atom. The first-order chi connectivity index (χ1) is 9.06. The normalized spacial score (nSPS) is 12.1. The summed E-state index contributed by atoms with van der Waals surface area (Å²) in [4.78, 5) is 29.2. The van der Waals surface area contributed by atoms with Gasteiger partial charge in [0.2, 0.25) is 0 Å². The number of carbonyl (C=O) groups is 1. The largest absolute Gasteiger partial charge is 0.480 e. The van der Waals surface area contributed by atoms with Gasteiger partial charge < -0.3 is 10.1 Å². The lowest BCUT2D eigenvalue weighted by Gasteiger charge is -2.06. The van der Waals surface area contributed by atoms with E-state index in [1.54, 1.807) is 6.92 Å². The monoisotopic (exact) mass is 276 g/mol. The Morgan fingerprint density at radius 3 is 2.68 bits per heavy atom. The number of aliphatic carboxylic acids is 1. The molecule has 0 aliphatic carbocycles. The average Bonchev–Trinajstić information content (AvgIpc) is 2.39. The van der Waals surface area contributed by atoms with E-state index in [1.807, 2.05) is 30.3 Å². The molecule has 98 valence electrons. The Hall–Kier alpha value is -2.08. The number of nitrogens with zero attached hydrogens (tertiary/aromatic N) is 1. The highest BCUT2D eigenvalue weighted by molar-refractivity contribution is 8.00. The number of carboxylic acid groups (broad SMARTS) is 1. The average molecular weight is 276 g/mol. The summed E-state index contributed by atoms with van der Waals surface area (Å²) in [6, 6.07) is 10.7. The molecule has 1 aromatic heterocycles. The van der Waals surface area contributed by atoms with Gasteiger partial charge in [-0.05, 0) is 6.92 Å². The van der Waals surface area contributed by atoms with E-state index in [0.29, 0.717) is 10.9 Å². The molecular formula is C13H12N2O3S. The van der Waals surface area contributed by atoms with Gasteiger partial charge in [0.05, 0.1) is 5.69 Å². The van der Waals surface area contributed by atoms with Crippen LogP contribution in [-0.2, 0) is 4.79 Å². The zero-order chi connectivity index (χ0) is 13.8. The maximum atomic E-state index is 11.6. The number of thioether (sulfide) groups is 1. The molecule has 0 fully saturated rings. The first-order valence-corrected chi connectivity index (χ1v) is 6.50. The number of rotatable bonds is 4. The first kappa shape index (κ1) is 13.4. The molecule has 0 aliphatic heterocycles. The molecule has 0 saturated carbocycles. The second kappa shape index (κ2) is 5.71. The van der Waals surface area contributed by atoms with E-state index < -0.39 is 11.2 Å². The van der Waals surface area contributed by atoms with Gasteiger partial charge in [0.1, 0.15) is 5.25 Å². The Bertz CT molecular complexity index is 640. The fraction of sp³-hybridized carbons (Fsp3) is 0.154. The summed E-state index contributed by atoms with van der Waals surface area (Å²) < 4.78 is 0. The first-order valence-electron chi connectivity index (χ1n) is 5.62. The van der Waals surface area contributed by atoms with Crippen LogP contribution in [0, 0.1) is 0 Å². The molecule has 1 atom stereocenters. The van der Waals surface area contributed by atoms with Gasteiger partial charge >= 0.3 is 5.97 Å². The van der Waals surface area contributed by atoms with Crippen molar-refractivity contribution in [3.8, 4) is 11.3 Å². The van der Waals surface area contributed by atoms with Gasteiger partial charge in [0.15, 0.2) is 5.16 Å². The van der Waals surface area contributed by atoms with E-state index in [-0.39, 0.29) is 5.56 Å². The minimum Gasteiger partial charge on any atom is -0.480 e. The van der Waals surface area contributed by atoms with Crippen molar-refractivity contribution in [3.05, 3.63) is 46.8 Å². The smallest absolute Gasteiger partial charge is 0.316 e. The van der Waals surface area contributed by atoms with E-state index in [2.05, 4.69) is 9.97 Å². The number of hydrogen-bond donors (Lipinski definition) is 2. The number of H-pyrrole nitrogens is 1. The zero-order valence-electron chi connectivity index (χ0n) is 10.2. The van der Waals surface area contributed by atoms with Gasteiger partial charge in [-0.25, -0.2) is 4.98 Å². The Morgan fingerprint density at radius 1 is 1.37 bits per heavy atom. The van der Waals surface area contributed by atoms with Crippen molar-refractivity contribution in [3.63, 3.8) is 0 Å². The fourth-order valence-electron chi connectivity index (χ4n) is 1.47. The Kier molecular flexibility index (Phi) is 4.01. The lowest BCUT2D eigenvalue weighted by molar-refractivity contribution is -0.136. The van der Waals surface area contributed by atoms with Gasteiger partial charge in [-0.2, -0.15) is 0 Å². The molecule has 0 saturated heterocycles. The number of aromatic nitrogens is 2. The van der Waals surface area contributed by atoms with Crippen molar-refractivity contribution in [2.45, 2.75) is 17.3 Å². The molecule has 1 heterocycles. The Balaban J connectivity index is 2.35. The third kappa shape index (κ3) is 3.45. The summed E-state index contributed by atoms with van der Waals surface area (Å²) in [6.45, 7) is 1.54. The predicted molar refractivity (Wildman–Crippen MR) is 73.2 cm³/mol. The standard InChI is InChI=1S/C13H12N2O3S/c1-8(12(17)18)19-13-14-10(7-11(16)15-13)9-5-3-2-4-6-9/h2-8H,1H3,(H,17,18)(H,14,15,16)/t8-/m0/s1. The summed E-state index contributed by atoms with van der Waals surface area (Å²) >= 11 is 1.01. The van der Waals surface area contributed by atoms with E-state index in [1.165, 1.54) is 6.07 Å². The fourth-order valence-corrected chi connectivity index (χ4v) is 2.21. The zero-order valence-corrected chi connectivity index (χ0v) is 11.0. The van der Waals surface area contributed by atoms with Crippen LogP contribution >= 0.6 is 11.8 Å². The van der Waals surface area contributed by atoms with Gasteiger partial charge in [0.25, 0.3) is 5.56 Å². The summed E-state index contributed by atoms with van der Waals surface area (Å²) in [6.07, 6.45) is 0. The van der Waals surface area contributed by atoms with Crippen molar-refractivity contribution in [1.82, 2.24) is 9.97 Å². The molecule has 2 rings (SSSR count). The molecule has 0 unspecified atom stereocenters. The molecule has 0 aliphatic rings. The van der Waals surface area contributed by atoms with Gasteiger partial charge in [0, 0.05) is 11.6 Å². The lowest BCUT2D eigenvalue weighted by Crippen LogP contribution is -2.14. The second-order valence-corrected chi connectivity index (χ2v) is 5.23. The van der Waals surface area contributed by atoms with Crippen LogP contribution in [-0.4, -0.2) is 26.3 Å². The molecule has 19 heavy (non-hydrogen) atoms. The van der Waals surface area contributed by atoms with Crippen LogP contribution in [0.4, 0.5) is 0 Å². The quantitative estimate of drug-likeness (QED) is 0.659. The molecule has 0 bridgehead atoms. The predicted octanol–water partition coefficient (Wildman–Crippen LogP) is 2.00. The molecule has 0 spiro atoms. The summed E-state index contributed by atoms with van der Waals surface area (Å²) in [5.41, 5.74) is 1.05. The molecular weight excluding hydrogens is 264 g/mol. The molecule has 6 heteroatoms. The molecule has 0 radical (unpaired) electrons. The third-order valence-corrected chi connectivity index (χ3v) is 3.40. The molecule has 1 aromatic carbocycles. The number of benzene rings is 1. The maximum absolute atomic E-state index is 11.6. The van der Waals surface area contributed by atoms with Crippen LogP contribution in [0.25, 0.3) is 11.3 Å². The van der Waals surface area contributed by atoms with E-state index in [0.717, 1.165) is 17.3 Å². The second-order valence-electron chi connectivity index (χ2n) is 3.90. The number of carboxylic acids is 1. The number of aromatic amines is 1.